The van der Waals surface area contributed by atoms with Gasteiger partial charge in [0.15, 0.2) is 6.10 Å². The summed E-state index contributed by atoms with van der Waals surface area (Å²) in [6, 6.07) is 1.34. The Labute approximate surface area is 214 Å². The fourth-order valence-electron chi connectivity index (χ4n) is 10.9. The average molecular weight is 485 g/mol. The molecular weight excluding hydrogens is 432 g/mol. The normalized spacial score (nSPS) is 48.0. The second kappa shape index (κ2) is 8.32. The minimum absolute atomic E-state index is 0.0653. The lowest BCUT2D eigenvalue weighted by molar-refractivity contribution is -0.924. The molecule has 4 heteroatoms. The summed E-state index contributed by atoms with van der Waals surface area (Å²) in [7, 11) is 5.02. The zero-order chi connectivity index (χ0) is 24.6. The number of likely N-dealkylation sites (N-methyl/N-ethyl adjacent to an activating group) is 1. The van der Waals surface area contributed by atoms with Gasteiger partial charge in [-0.25, -0.2) is 0 Å². The van der Waals surface area contributed by atoms with Crippen molar-refractivity contribution in [1.82, 2.24) is 0 Å². The summed E-state index contributed by atoms with van der Waals surface area (Å²) in [5, 5.41) is 0. The first kappa shape index (κ1) is 24.5. The van der Waals surface area contributed by atoms with Gasteiger partial charge < -0.3 is 13.7 Å². The van der Waals surface area contributed by atoms with Crippen molar-refractivity contribution in [3.05, 3.63) is 11.6 Å². The van der Waals surface area contributed by atoms with Crippen molar-refractivity contribution >= 4 is 5.97 Å². The Balaban J connectivity index is 1.29. The van der Waals surface area contributed by atoms with E-state index in [1.54, 1.807) is 6.92 Å². The number of carbonyl (C=O) groups is 1. The van der Waals surface area contributed by atoms with Gasteiger partial charge in [-0.2, -0.15) is 0 Å². The number of allylic oxidation sites excluding steroid dienone is 1. The first-order chi connectivity index (χ1) is 16.6. The Morgan fingerprint density at radius 3 is 2.26 bits per heavy atom. The van der Waals surface area contributed by atoms with Gasteiger partial charge in [0, 0.05) is 57.3 Å². The molecule has 6 rings (SSSR count). The largest absolute Gasteiger partial charge is 0.456 e. The van der Waals surface area contributed by atoms with Crippen molar-refractivity contribution in [2.24, 2.45) is 28.6 Å². The van der Waals surface area contributed by atoms with E-state index in [9.17, 15) is 4.79 Å². The van der Waals surface area contributed by atoms with Crippen LogP contribution in [0.4, 0.5) is 0 Å². The maximum absolute atomic E-state index is 12.3. The molecule has 0 spiro atoms. The summed E-state index contributed by atoms with van der Waals surface area (Å²) in [6.45, 7) is 12.1. The summed E-state index contributed by atoms with van der Waals surface area (Å²) >= 11 is 0. The van der Waals surface area contributed by atoms with Crippen molar-refractivity contribution in [3.8, 4) is 0 Å². The molecule has 3 unspecified atom stereocenters. The van der Waals surface area contributed by atoms with Crippen molar-refractivity contribution in [2.75, 3.05) is 40.3 Å². The number of esters is 1. The molecule has 8 atom stereocenters. The van der Waals surface area contributed by atoms with Crippen LogP contribution in [0.3, 0.4) is 0 Å². The molecule has 2 aliphatic heterocycles. The van der Waals surface area contributed by atoms with E-state index in [-0.39, 0.29) is 17.5 Å². The number of hydrogen-bond donors (Lipinski definition) is 0. The fourth-order valence-corrected chi connectivity index (χ4v) is 10.9. The van der Waals surface area contributed by atoms with Crippen LogP contribution < -0.4 is 0 Å². The molecule has 35 heavy (non-hydrogen) atoms. The quantitative estimate of drug-likeness (QED) is 0.291. The minimum atomic E-state index is -0.0653. The SMILES string of the molecule is CC(=O)O[C@H]1[C@@H]([N+]2(C)CCCC2)CC2C3CC=C4C[C@@H]([N+]5(C)CCCC5)CC[C@]4(C)C3CC[C@@]21C. The molecule has 6 aliphatic rings. The van der Waals surface area contributed by atoms with E-state index >= 15 is 0 Å². The molecular formula is C31H52N2O2+2. The Bertz CT molecular complexity index is 884. The standard InChI is InChI=1S/C31H52N2O2/c1-22(34)35-29-28(33(5)18-8-9-19-33)21-27-25-11-10-23-20-24(32(4)16-6-7-17-32)12-14-30(23,2)26(25)13-15-31(27,29)3/h10,24-29H,6-9,11-21H2,1-5H3/q+2/t24-,25?,26?,27?,28-,29-,30-,31-/m0/s1. The maximum atomic E-state index is 12.3. The minimum Gasteiger partial charge on any atom is -0.456 e. The van der Waals surface area contributed by atoms with Gasteiger partial charge in [0.05, 0.1) is 46.3 Å². The van der Waals surface area contributed by atoms with Gasteiger partial charge in [0.1, 0.15) is 6.04 Å². The predicted molar refractivity (Wildman–Crippen MR) is 141 cm³/mol. The summed E-state index contributed by atoms with van der Waals surface area (Å²) < 4.78 is 8.77. The van der Waals surface area contributed by atoms with Gasteiger partial charge in [0.2, 0.25) is 0 Å². The van der Waals surface area contributed by atoms with Crippen LogP contribution in [0, 0.1) is 28.6 Å². The smallest absolute Gasteiger partial charge is 0.303 e. The van der Waals surface area contributed by atoms with Crippen LogP contribution in [0.5, 0.6) is 0 Å². The molecule has 0 N–H and O–H groups in total. The van der Waals surface area contributed by atoms with Crippen LogP contribution >= 0.6 is 0 Å². The second-order valence-electron chi connectivity index (χ2n) is 14.8. The number of hydrogen-bond acceptors (Lipinski definition) is 2. The van der Waals surface area contributed by atoms with Crippen LogP contribution in [0.2, 0.25) is 0 Å². The van der Waals surface area contributed by atoms with E-state index in [0.717, 1.165) is 22.4 Å². The Hall–Kier alpha value is -0.870. The lowest BCUT2D eigenvalue weighted by atomic mass is 9.47. The Kier molecular flexibility index (Phi) is 5.81. The monoisotopic (exact) mass is 484 g/mol. The van der Waals surface area contributed by atoms with Gasteiger partial charge in [-0.3, -0.25) is 4.79 Å². The molecule has 0 bridgehead atoms. The summed E-state index contributed by atoms with van der Waals surface area (Å²) in [5.74, 6) is 2.23. The number of carbonyl (C=O) groups excluding carboxylic acids is 1. The molecule has 0 radical (unpaired) electrons. The zero-order valence-corrected chi connectivity index (χ0v) is 23.4. The summed E-state index contributed by atoms with van der Waals surface area (Å²) in [4.78, 5) is 12.3. The number of rotatable bonds is 3. The fraction of sp³-hybridized carbons (Fsp3) is 0.903. The second-order valence-corrected chi connectivity index (χ2v) is 14.8. The molecule has 0 amide bonds. The van der Waals surface area contributed by atoms with Crippen LogP contribution in [-0.4, -0.2) is 73.4 Å². The third kappa shape index (κ3) is 3.62. The number of quaternary nitrogens is 2. The number of ether oxygens (including phenoxy) is 1. The molecule has 196 valence electrons. The van der Waals surface area contributed by atoms with E-state index in [1.165, 1.54) is 101 Å². The zero-order valence-electron chi connectivity index (χ0n) is 23.4. The van der Waals surface area contributed by atoms with E-state index in [0.29, 0.717) is 17.4 Å². The molecule has 0 aromatic carbocycles. The van der Waals surface area contributed by atoms with E-state index < -0.39 is 0 Å². The lowest BCUT2D eigenvalue weighted by Crippen LogP contribution is -2.57. The van der Waals surface area contributed by atoms with E-state index in [4.69, 9.17) is 4.74 Å². The number of fused-ring (bicyclic) bond motifs is 5. The topological polar surface area (TPSA) is 26.3 Å². The van der Waals surface area contributed by atoms with Gasteiger partial charge in [0.25, 0.3) is 0 Å². The molecule has 2 heterocycles. The third-order valence-corrected chi connectivity index (χ3v) is 13.2. The van der Waals surface area contributed by atoms with E-state index in [1.807, 2.05) is 5.57 Å². The Morgan fingerprint density at radius 1 is 0.943 bits per heavy atom. The highest BCUT2D eigenvalue weighted by molar-refractivity contribution is 5.66. The molecule has 4 aliphatic carbocycles. The van der Waals surface area contributed by atoms with Crippen LogP contribution in [0.1, 0.15) is 91.4 Å². The van der Waals surface area contributed by atoms with Crippen LogP contribution in [-0.2, 0) is 9.53 Å². The van der Waals surface area contributed by atoms with Crippen molar-refractivity contribution in [1.29, 1.82) is 0 Å². The molecule has 2 saturated heterocycles. The number of nitrogens with zero attached hydrogens (tertiary/aromatic N) is 2. The van der Waals surface area contributed by atoms with Gasteiger partial charge >= 0.3 is 5.97 Å². The number of likely N-dealkylation sites (tertiary alicyclic amines) is 2. The predicted octanol–water partition coefficient (Wildman–Crippen LogP) is 5.71. The average Bonchev–Trinajstić information content (AvgIpc) is 3.52. The first-order valence-corrected chi connectivity index (χ1v) is 15.1. The third-order valence-electron chi connectivity index (χ3n) is 13.2. The van der Waals surface area contributed by atoms with Crippen LogP contribution in [0.25, 0.3) is 0 Å². The van der Waals surface area contributed by atoms with Gasteiger partial charge in [-0.15, -0.1) is 0 Å². The van der Waals surface area contributed by atoms with Gasteiger partial charge in [-0.05, 0) is 48.9 Å². The van der Waals surface area contributed by atoms with Crippen molar-refractivity contribution < 1.29 is 18.5 Å². The summed E-state index contributed by atoms with van der Waals surface area (Å²) in [6.07, 6.45) is 17.6. The highest BCUT2D eigenvalue weighted by atomic mass is 16.5. The first-order valence-electron chi connectivity index (χ1n) is 15.1. The summed E-state index contributed by atoms with van der Waals surface area (Å²) in [5.41, 5.74) is 2.38. The lowest BCUT2D eigenvalue weighted by Gasteiger charge is -2.58. The maximum Gasteiger partial charge on any atom is 0.303 e. The highest BCUT2D eigenvalue weighted by Gasteiger charge is 2.66. The van der Waals surface area contributed by atoms with E-state index in [2.05, 4.69) is 34.0 Å². The molecule has 0 aromatic heterocycles. The van der Waals surface area contributed by atoms with Crippen LogP contribution in [0.15, 0.2) is 11.6 Å². The molecule has 3 saturated carbocycles. The molecule has 4 nitrogen and oxygen atoms in total. The van der Waals surface area contributed by atoms with Crippen molar-refractivity contribution in [3.63, 3.8) is 0 Å². The van der Waals surface area contributed by atoms with Gasteiger partial charge in [-0.1, -0.05) is 25.5 Å². The Morgan fingerprint density at radius 2 is 1.60 bits per heavy atom. The highest BCUT2D eigenvalue weighted by Crippen LogP contribution is 2.66. The molecule has 5 fully saturated rings. The molecule has 0 aromatic rings. The van der Waals surface area contributed by atoms with Crippen molar-refractivity contribution in [2.45, 2.75) is 110 Å².